The van der Waals surface area contributed by atoms with Crippen molar-refractivity contribution in [1.82, 2.24) is 4.57 Å². The van der Waals surface area contributed by atoms with Crippen LogP contribution in [0.5, 0.6) is 0 Å². The predicted octanol–water partition coefficient (Wildman–Crippen LogP) is 4.90. The number of carbonyl (C=O) groups is 1. The van der Waals surface area contributed by atoms with Crippen LogP contribution < -0.4 is 4.80 Å². The molecule has 3 aromatic rings. The lowest BCUT2D eigenvalue weighted by Crippen LogP contribution is -2.16. The van der Waals surface area contributed by atoms with Crippen molar-refractivity contribution in [3.8, 4) is 0 Å². The number of allylic oxidation sites excluding steroid dienone is 1. The van der Waals surface area contributed by atoms with Crippen LogP contribution in [-0.2, 0) is 6.54 Å². The van der Waals surface area contributed by atoms with Crippen molar-refractivity contribution >= 4 is 39.1 Å². The van der Waals surface area contributed by atoms with Gasteiger partial charge in [-0.2, -0.15) is 4.99 Å². The molecular formula is C19H17ClN2OS. The molecule has 24 heavy (non-hydrogen) atoms. The minimum Gasteiger partial charge on any atom is -0.312 e. The summed E-state index contributed by atoms with van der Waals surface area (Å²) in [5.74, 6) is -0.334. The van der Waals surface area contributed by atoms with Gasteiger partial charge in [-0.25, -0.2) is 0 Å². The van der Waals surface area contributed by atoms with Crippen LogP contribution in [0.25, 0.3) is 10.2 Å². The minimum absolute atomic E-state index is 0.334. The molecule has 3 nitrogen and oxygen atoms in total. The average molecular weight is 357 g/mol. The van der Waals surface area contributed by atoms with Gasteiger partial charge in [-0.15, -0.1) is 6.58 Å². The largest absolute Gasteiger partial charge is 0.312 e. The fourth-order valence-electron chi connectivity index (χ4n) is 2.69. The first-order valence-electron chi connectivity index (χ1n) is 7.56. The van der Waals surface area contributed by atoms with E-state index in [0.717, 1.165) is 10.2 Å². The number of benzene rings is 2. The summed E-state index contributed by atoms with van der Waals surface area (Å²) in [6, 6.07) is 11.2. The van der Waals surface area contributed by atoms with Crippen LogP contribution in [0.2, 0.25) is 5.02 Å². The van der Waals surface area contributed by atoms with Gasteiger partial charge in [-0.05, 0) is 43.2 Å². The highest BCUT2D eigenvalue weighted by Gasteiger charge is 2.12. The summed E-state index contributed by atoms with van der Waals surface area (Å²) >= 11 is 7.62. The lowest BCUT2D eigenvalue weighted by molar-refractivity contribution is 0.0998. The van der Waals surface area contributed by atoms with E-state index in [2.05, 4.69) is 37.6 Å². The molecule has 0 atom stereocenters. The first-order chi connectivity index (χ1) is 11.5. The minimum atomic E-state index is -0.334. The Bertz CT molecular complexity index is 1010. The molecule has 0 fully saturated rings. The Morgan fingerprint density at radius 1 is 1.33 bits per heavy atom. The first-order valence-corrected chi connectivity index (χ1v) is 8.76. The molecule has 0 aliphatic carbocycles. The third-order valence-corrected chi connectivity index (χ3v) is 5.29. The number of fused-ring (bicyclic) bond motifs is 1. The average Bonchev–Trinajstić information content (AvgIpc) is 2.86. The van der Waals surface area contributed by atoms with Gasteiger partial charge in [0, 0.05) is 6.54 Å². The van der Waals surface area contributed by atoms with Gasteiger partial charge in [0.25, 0.3) is 5.91 Å². The lowest BCUT2D eigenvalue weighted by atomic mass is 10.1. The maximum Gasteiger partial charge on any atom is 0.281 e. The molecule has 5 heteroatoms. The van der Waals surface area contributed by atoms with Crippen molar-refractivity contribution in [2.75, 3.05) is 0 Å². The predicted molar refractivity (Wildman–Crippen MR) is 101 cm³/mol. The van der Waals surface area contributed by atoms with Crippen LogP contribution in [0.1, 0.15) is 21.5 Å². The zero-order valence-corrected chi connectivity index (χ0v) is 15.1. The Morgan fingerprint density at radius 3 is 2.79 bits per heavy atom. The molecule has 1 aromatic heterocycles. The Kier molecular flexibility index (Phi) is 4.69. The molecule has 1 amide bonds. The molecule has 0 aliphatic rings. The fourth-order valence-corrected chi connectivity index (χ4v) is 3.99. The van der Waals surface area contributed by atoms with Gasteiger partial charge in [0.1, 0.15) is 0 Å². The summed E-state index contributed by atoms with van der Waals surface area (Å²) < 4.78 is 3.15. The molecule has 0 bridgehead atoms. The van der Waals surface area contributed by atoms with Crippen LogP contribution in [0.15, 0.2) is 54.0 Å². The maximum absolute atomic E-state index is 12.5. The summed E-state index contributed by atoms with van der Waals surface area (Å²) in [5.41, 5.74) is 3.84. The normalized spacial score (nSPS) is 11.9. The molecule has 0 saturated carbocycles. The van der Waals surface area contributed by atoms with Gasteiger partial charge in [-0.1, -0.05) is 47.2 Å². The Hall–Kier alpha value is -2.17. The summed E-state index contributed by atoms with van der Waals surface area (Å²) in [5, 5.41) is 0.412. The lowest BCUT2D eigenvalue weighted by Gasteiger charge is -2.03. The third kappa shape index (κ3) is 3.07. The summed E-state index contributed by atoms with van der Waals surface area (Å²) in [6.45, 7) is 8.55. The van der Waals surface area contributed by atoms with Crippen molar-refractivity contribution in [2.45, 2.75) is 20.4 Å². The van der Waals surface area contributed by atoms with Gasteiger partial charge in [0.2, 0.25) is 0 Å². The van der Waals surface area contributed by atoms with Crippen LogP contribution in [0.4, 0.5) is 0 Å². The van der Waals surface area contributed by atoms with Crippen LogP contribution in [0, 0.1) is 13.8 Å². The van der Waals surface area contributed by atoms with E-state index < -0.39 is 0 Å². The van der Waals surface area contributed by atoms with E-state index in [0.29, 0.717) is 21.9 Å². The molecular weight excluding hydrogens is 340 g/mol. The van der Waals surface area contributed by atoms with Crippen molar-refractivity contribution in [1.29, 1.82) is 0 Å². The van der Waals surface area contributed by atoms with E-state index in [1.54, 1.807) is 24.3 Å². The Balaban J connectivity index is 2.23. The standard InChI is InChI=1S/C19H17ClN2OS/c1-4-9-22-16-11-12(2)10-13(3)17(16)24-19(22)21-18(23)14-7-5-6-8-15(14)20/h4-8,10-11H,1,9H2,2-3H3. The van der Waals surface area contributed by atoms with E-state index >= 15 is 0 Å². The molecule has 0 saturated heterocycles. The fraction of sp³-hybridized carbons (Fsp3) is 0.158. The highest BCUT2D eigenvalue weighted by molar-refractivity contribution is 7.16. The monoisotopic (exact) mass is 356 g/mol. The van der Waals surface area contributed by atoms with Gasteiger partial charge < -0.3 is 4.57 Å². The zero-order valence-electron chi connectivity index (χ0n) is 13.5. The number of halogens is 1. The molecule has 0 N–H and O–H groups in total. The number of rotatable bonds is 3. The number of nitrogens with zero attached hydrogens (tertiary/aromatic N) is 2. The van der Waals surface area contributed by atoms with Crippen molar-refractivity contribution in [3.05, 3.63) is 75.6 Å². The second-order valence-electron chi connectivity index (χ2n) is 5.61. The number of aromatic nitrogens is 1. The smallest absolute Gasteiger partial charge is 0.281 e. The highest BCUT2D eigenvalue weighted by atomic mass is 35.5. The molecule has 2 aromatic carbocycles. The van der Waals surface area contributed by atoms with Gasteiger partial charge in [-0.3, -0.25) is 4.79 Å². The Labute approximate surface area is 149 Å². The van der Waals surface area contributed by atoms with Gasteiger partial charge in [0.05, 0.1) is 20.8 Å². The molecule has 0 aliphatic heterocycles. The van der Waals surface area contributed by atoms with Gasteiger partial charge in [0.15, 0.2) is 4.80 Å². The first kappa shape index (κ1) is 16.7. The zero-order chi connectivity index (χ0) is 17.3. The molecule has 0 spiro atoms. The number of thiazole rings is 1. The topological polar surface area (TPSA) is 34.4 Å². The number of amides is 1. The maximum atomic E-state index is 12.5. The number of hydrogen-bond donors (Lipinski definition) is 0. The molecule has 1 heterocycles. The van der Waals surface area contributed by atoms with Gasteiger partial charge >= 0.3 is 0 Å². The molecule has 0 unspecified atom stereocenters. The van der Waals surface area contributed by atoms with Crippen LogP contribution in [0.3, 0.4) is 0 Å². The quantitative estimate of drug-likeness (QED) is 0.614. The van der Waals surface area contributed by atoms with E-state index in [1.807, 2.05) is 10.6 Å². The number of carbonyl (C=O) groups excluding carboxylic acids is 1. The van der Waals surface area contributed by atoms with Crippen LogP contribution >= 0.6 is 22.9 Å². The summed E-state index contributed by atoms with van der Waals surface area (Å²) in [6.07, 6.45) is 1.81. The van der Waals surface area contributed by atoms with Crippen LogP contribution in [-0.4, -0.2) is 10.5 Å². The molecule has 3 rings (SSSR count). The Morgan fingerprint density at radius 2 is 2.08 bits per heavy atom. The molecule has 122 valence electrons. The SMILES string of the molecule is C=CCn1c(=NC(=O)c2ccccc2Cl)sc2c(C)cc(C)cc21. The van der Waals surface area contributed by atoms with E-state index in [4.69, 9.17) is 11.6 Å². The second-order valence-corrected chi connectivity index (χ2v) is 7.00. The second kappa shape index (κ2) is 6.75. The van der Waals surface area contributed by atoms with E-state index in [-0.39, 0.29) is 5.91 Å². The molecule has 0 radical (unpaired) electrons. The van der Waals surface area contributed by atoms with E-state index in [9.17, 15) is 4.79 Å². The van der Waals surface area contributed by atoms with Crippen molar-refractivity contribution in [3.63, 3.8) is 0 Å². The van der Waals surface area contributed by atoms with Crippen molar-refractivity contribution in [2.24, 2.45) is 4.99 Å². The summed E-state index contributed by atoms with van der Waals surface area (Å²) in [4.78, 5) is 17.5. The highest BCUT2D eigenvalue weighted by Crippen LogP contribution is 2.24. The van der Waals surface area contributed by atoms with E-state index in [1.165, 1.54) is 22.5 Å². The number of hydrogen-bond acceptors (Lipinski definition) is 2. The number of aryl methyl sites for hydroxylation is 2. The van der Waals surface area contributed by atoms with Crippen molar-refractivity contribution < 1.29 is 4.79 Å². The summed E-state index contributed by atoms with van der Waals surface area (Å²) in [7, 11) is 0. The third-order valence-electron chi connectivity index (χ3n) is 3.73.